The summed E-state index contributed by atoms with van der Waals surface area (Å²) in [5.41, 5.74) is 0. The molecule has 0 fully saturated rings. The lowest BCUT2D eigenvalue weighted by molar-refractivity contribution is 0.200. The summed E-state index contributed by atoms with van der Waals surface area (Å²) in [6, 6.07) is 0. The molecule has 1 heterocycles. The van der Waals surface area contributed by atoms with Gasteiger partial charge in [-0.25, -0.2) is 0 Å². The highest BCUT2D eigenvalue weighted by atomic mass is 35.5. The normalized spacial score (nSPS) is 10.4. The van der Waals surface area contributed by atoms with Gasteiger partial charge in [-0.3, -0.25) is 0 Å². The predicted molar refractivity (Wildman–Crippen MR) is 66.2 cm³/mol. The lowest BCUT2D eigenvalue weighted by Gasteiger charge is -2.04. The van der Waals surface area contributed by atoms with Crippen molar-refractivity contribution in [2.45, 2.75) is 18.5 Å². The lowest BCUT2D eigenvalue weighted by Crippen LogP contribution is -2.04. The van der Waals surface area contributed by atoms with Gasteiger partial charge in [0.05, 0.1) is 0 Å². The predicted octanol–water partition coefficient (Wildman–Crippen LogP) is 2.09. The van der Waals surface area contributed by atoms with E-state index in [1.165, 1.54) is 0 Å². The molecule has 1 aromatic rings. The first kappa shape index (κ1) is 13.5. The minimum atomic E-state index is 0.222. The zero-order valence-corrected chi connectivity index (χ0v) is 10.9. The number of hydrogen-bond acceptors (Lipinski definition) is 6. The van der Waals surface area contributed by atoms with Gasteiger partial charge in [-0.05, 0) is 24.9 Å². The van der Waals surface area contributed by atoms with E-state index in [4.69, 9.17) is 16.3 Å². The van der Waals surface area contributed by atoms with Gasteiger partial charge in [0.15, 0.2) is 5.16 Å². The lowest BCUT2D eigenvalue weighted by atomic mass is 10.5. The van der Waals surface area contributed by atoms with Crippen molar-refractivity contribution in [3.63, 3.8) is 0 Å². The van der Waals surface area contributed by atoms with Crippen LogP contribution in [0.25, 0.3) is 0 Å². The van der Waals surface area contributed by atoms with E-state index in [1.807, 2.05) is 6.92 Å². The highest BCUT2D eigenvalue weighted by Gasteiger charge is 2.04. The number of anilines is 1. The van der Waals surface area contributed by atoms with Gasteiger partial charge in [-0.2, -0.15) is 15.0 Å². The molecule has 7 heteroatoms. The highest BCUT2D eigenvalue weighted by molar-refractivity contribution is 7.99. The van der Waals surface area contributed by atoms with E-state index in [0.717, 1.165) is 25.3 Å². The number of aromatic nitrogens is 3. The highest BCUT2D eigenvalue weighted by Crippen LogP contribution is 2.17. The summed E-state index contributed by atoms with van der Waals surface area (Å²) in [6.45, 7) is 3.48. The van der Waals surface area contributed by atoms with Gasteiger partial charge in [-0.1, -0.05) is 11.8 Å². The Kier molecular flexibility index (Phi) is 6.44. The third kappa shape index (κ3) is 4.96. The number of thioether (sulfide) groups is 1. The van der Waals surface area contributed by atoms with Gasteiger partial charge in [0.1, 0.15) is 0 Å². The minimum Gasteiger partial charge on any atom is -0.385 e. The Morgan fingerprint density at radius 2 is 2.19 bits per heavy atom. The second-order valence-corrected chi connectivity index (χ2v) is 4.34. The summed E-state index contributed by atoms with van der Waals surface area (Å²) in [6.07, 6.45) is 0.959. The smallest absolute Gasteiger partial charge is 0.228 e. The van der Waals surface area contributed by atoms with Crippen molar-refractivity contribution in [2.75, 3.05) is 31.3 Å². The number of methoxy groups -OCH3 is 1. The van der Waals surface area contributed by atoms with Crippen LogP contribution in [0.4, 0.5) is 5.95 Å². The van der Waals surface area contributed by atoms with Crippen LogP contribution in [0.2, 0.25) is 5.28 Å². The quantitative estimate of drug-likeness (QED) is 0.600. The molecular weight excluding hydrogens is 248 g/mol. The van der Waals surface area contributed by atoms with E-state index in [2.05, 4.69) is 20.3 Å². The molecule has 16 heavy (non-hydrogen) atoms. The topological polar surface area (TPSA) is 59.9 Å². The zero-order valence-electron chi connectivity index (χ0n) is 9.36. The van der Waals surface area contributed by atoms with Crippen LogP contribution < -0.4 is 5.32 Å². The monoisotopic (exact) mass is 262 g/mol. The molecule has 0 aliphatic rings. The fraction of sp³-hybridized carbons (Fsp3) is 0.667. The molecule has 0 unspecified atom stereocenters. The van der Waals surface area contributed by atoms with Crippen LogP contribution in [-0.4, -0.2) is 41.0 Å². The largest absolute Gasteiger partial charge is 0.385 e. The van der Waals surface area contributed by atoms with E-state index in [-0.39, 0.29) is 5.28 Å². The number of nitrogens with zero attached hydrogens (tertiary/aromatic N) is 3. The van der Waals surface area contributed by atoms with Crippen LogP contribution in [0.5, 0.6) is 0 Å². The fourth-order valence-electron chi connectivity index (χ4n) is 1.00. The first-order valence-electron chi connectivity index (χ1n) is 5.03. The Morgan fingerprint density at radius 1 is 1.38 bits per heavy atom. The van der Waals surface area contributed by atoms with Crippen molar-refractivity contribution in [1.29, 1.82) is 0 Å². The first-order chi connectivity index (χ1) is 7.76. The molecule has 0 aliphatic carbocycles. The van der Waals surface area contributed by atoms with E-state index in [0.29, 0.717) is 11.1 Å². The maximum absolute atomic E-state index is 5.79. The van der Waals surface area contributed by atoms with Crippen LogP contribution in [0.1, 0.15) is 13.3 Å². The third-order valence-electron chi connectivity index (χ3n) is 1.65. The van der Waals surface area contributed by atoms with Crippen LogP contribution in [-0.2, 0) is 4.74 Å². The number of rotatable bonds is 7. The molecule has 0 amide bonds. The molecule has 0 saturated carbocycles. The summed E-state index contributed by atoms with van der Waals surface area (Å²) in [5.74, 6) is 1.43. The summed E-state index contributed by atoms with van der Waals surface area (Å²) in [7, 11) is 1.69. The van der Waals surface area contributed by atoms with Crippen LogP contribution in [0.15, 0.2) is 5.16 Å². The average molecular weight is 263 g/mol. The molecule has 90 valence electrons. The van der Waals surface area contributed by atoms with Crippen LogP contribution in [0.3, 0.4) is 0 Å². The molecule has 1 rings (SSSR count). The van der Waals surface area contributed by atoms with Crippen molar-refractivity contribution in [1.82, 2.24) is 15.0 Å². The zero-order chi connectivity index (χ0) is 11.8. The molecule has 0 radical (unpaired) electrons. The van der Waals surface area contributed by atoms with Gasteiger partial charge in [0.25, 0.3) is 0 Å². The molecule has 0 saturated heterocycles. The van der Waals surface area contributed by atoms with Crippen molar-refractivity contribution >= 4 is 29.3 Å². The van der Waals surface area contributed by atoms with E-state index in [1.54, 1.807) is 18.9 Å². The second kappa shape index (κ2) is 7.65. The maximum Gasteiger partial charge on any atom is 0.228 e. The number of ether oxygens (including phenoxy) is 1. The van der Waals surface area contributed by atoms with Gasteiger partial charge in [0, 0.05) is 26.0 Å². The van der Waals surface area contributed by atoms with Gasteiger partial charge < -0.3 is 10.1 Å². The molecule has 0 atom stereocenters. The first-order valence-corrected chi connectivity index (χ1v) is 6.39. The standard InChI is InChI=1S/C9H15ClN4OS/c1-3-11-8-12-7(10)13-9(14-8)16-6-4-5-15-2/h3-6H2,1-2H3,(H,11,12,13,14). The Labute approximate surface area is 104 Å². The molecule has 5 nitrogen and oxygen atoms in total. The summed E-state index contributed by atoms with van der Waals surface area (Å²) >= 11 is 7.33. The molecule has 0 aromatic carbocycles. The van der Waals surface area contributed by atoms with Crippen molar-refractivity contribution in [3.8, 4) is 0 Å². The van der Waals surface area contributed by atoms with Gasteiger partial charge >= 0.3 is 0 Å². The van der Waals surface area contributed by atoms with Crippen molar-refractivity contribution in [3.05, 3.63) is 5.28 Å². The molecule has 1 N–H and O–H groups in total. The molecule has 0 bridgehead atoms. The van der Waals surface area contributed by atoms with E-state index < -0.39 is 0 Å². The Balaban J connectivity index is 2.51. The molecular formula is C9H15ClN4OS. The minimum absolute atomic E-state index is 0.222. The molecule has 0 spiro atoms. The Bertz CT molecular complexity index is 326. The summed E-state index contributed by atoms with van der Waals surface area (Å²) in [5, 5.41) is 3.87. The van der Waals surface area contributed by atoms with E-state index in [9.17, 15) is 0 Å². The van der Waals surface area contributed by atoms with Crippen molar-refractivity contribution in [2.24, 2.45) is 0 Å². The van der Waals surface area contributed by atoms with Gasteiger partial charge in [0.2, 0.25) is 11.2 Å². The SMILES string of the molecule is CCNc1nc(Cl)nc(SCCCOC)n1. The number of nitrogens with one attached hydrogen (secondary N) is 1. The second-order valence-electron chi connectivity index (χ2n) is 2.94. The van der Waals surface area contributed by atoms with Crippen molar-refractivity contribution < 1.29 is 4.74 Å². The summed E-state index contributed by atoms with van der Waals surface area (Å²) in [4.78, 5) is 12.2. The molecule has 1 aromatic heterocycles. The van der Waals surface area contributed by atoms with Crippen LogP contribution >= 0.6 is 23.4 Å². The van der Waals surface area contributed by atoms with Crippen LogP contribution in [0, 0.1) is 0 Å². The summed E-state index contributed by atoms with van der Waals surface area (Å²) < 4.78 is 4.96. The fourth-order valence-corrected chi connectivity index (χ4v) is 1.96. The maximum atomic E-state index is 5.79. The van der Waals surface area contributed by atoms with E-state index >= 15 is 0 Å². The number of halogens is 1. The number of hydrogen-bond donors (Lipinski definition) is 1. The molecule has 0 aliphatic heterocycles. The van der Waals surface area contributed by atoms with Gasteiger partial charge in [-0.15, -0.1) is 0 Å². The Hall–Kier alpha value is -0.590. The Morgan fingerprint density at radius 3 is 2.88 bits per heavy atom. The average Bonchev–Trinajstić information content (AvgIpc) is 2.24. The third-order valence-corrected chi connectivity index (χ3v) is 2.75.